The van der Waals surface area contributed by atoms with Crippen LogP contribution in [0.25, 0.3) is 16.9 Å². The average Bonchev–Trinajstić information content (AvgIpc) is 3.45. The number of amides is 1. The molecule has 0 saturated heterocycles. The molecular weight excluding hydrogens is 618 g/mol. The Labute approximate surface area is 231 Å². The number of nitrogens with zero attached hydrogens (tertiary/aromatic N) is 5. The number of carbonyl (C=O) groups is 1. The molecule has 0 spiro atoms. The van der Waals surface area contributed by atoms with Crippen LogP contribution in [0, 0.1) is 0 Å². The Morgan fingerprint density at radius 3 is 2.29 bits per heavy atom. The van der Waals surface area contributed by atoms with Gasteiger partial charge in [-0.25, -0.2) is 9.36 Å². The molecule has 0 bridgehead atoms. The molecule has 1 aromatic carbocycles. The van der Waals surface area contributed by atoms with Crippen LogP contribution in [0.1, 0.15) is 35.7 Å². The molecule has 0 atom stereocenters. The van der Waals surface area contributed by atoms with Gasteiger partial charge in [0.25, 0.3) is 11.8 Å². The van der Waals surface area contributed by atoms with Gasteiger partial charge in [0.15, 0.2) is 11.4 Å². The number of hydrogen-bond acceptors (Lipinski definition) is 6. The van der Waals surface area contributed by atoms with Crippen molar-refractivity contribution >= 4 is 27.6 Å². The highest BCUT2D eigenvalue weighted by Gasteiger charge is 2.69. The lowest BCUT2D eigenvalue weighted by atomic mass is 10.1. The fourth-order valence-corrected chi connectivity index (χ4v) is 4.83. The summed E-state index contributed by atoms with van der Waals surface area (Å²) in [7, 11) is -6.19. The quantitative estimate of drug-likeness (QED) is 0.242. The van der Waals surface area contributed by atoms with Crippen molar-refractivity contribution in [1.29, 1.82) is 0 Å². The first-order chi connectivity index (χ1) is 18.8. The summed E-state index contributed by atoms with van der Waals surface area (Å²) in [5, 5.41) is 0.434. The highest BCUT2D eigenvalue weighted by Crippen LogP contribution is 2.45. The van der Waals surface area contributed by atoms with Gasteiger partial charge in [0.05, 0.1) is 16.8 Å². The summed E-state index contributed by atoms with van der Waals surface area (Å²) in [4.78, 5) is 14.7. The minimum absolute atomic E-state index is 0.0666. The van der Waals surface area contributed by atoms with Gasteiger partial charge in [0.1, 0.15) is 0 Å². The third-order valence-corrected chi connectivity index (χ3v) is 7.59. The van der Waals surface area contributed by atoms with Crippen LogP contribution in [0.3, 0.4) is 0 Å². The number of aromatic nitrogens is 4. The van der Waals surface area contributed by atoms with Gasteiger partial charge in [-0.2, -0.15) is 48.6 Å². The summed E-state index contributed by atoms with van der Waals surface area (Å²) in [5.41, 5.74) is -1.55. The van der Waals surface area contributed by atoms with Crippen LogP contribution < -0.4 is 4.18 Å². The number of alkyl halides is 8. The maximum Gasteiger partial charge on any atom is 0.475 e. The number of rotatable bonds is 8. The van der Waals surface area contributed by atoms with Crippen molar-refractivity contribution in [2.45, 2.75) is 43.4 Å². The van der Waals surface area contributed by atoms with Crippen LogP contribution in [-0.4, -0.2) is 62.8 Å². The zero-order valence-corrected chi connectivity index (χ0v) is 22.3. The normalized spacial score (nSPS) is 14.8. The smallest absolute Gasteiger partial charge is 0.355 e. The second-order valence-corrected chi connectivity index (χ2v) is 10.9. The molecule has 19 heteroatoms. The Balaban J connectivity index is 1.75. The molecular formula is C22H18ClF8N5O4S. The monoisotopic (exact) mass is 635 g/mol. The minimum atomic E-state index is -7.02. The van der Waals surface area contributed by atoms with Crippen molar-refractivity contribution in [3.63, 3.8) is 0 Å². The summed E-state index contributed by atoms with van der Waals surface area (Å²) < 4.78 is 134. The van der Waals surface area contributed by atoms with E-state index in [1.54, 1.807) is 11.8 Å². The molecule has 1 fully saturated rings. The van der Waals surface area contributed by atoms with Gasteiger partial charge in [-0.1, -0.05) is 17.7 Å². The van der Waals surface area contributed by atoms with Gasteiger partial charge in [-0.05, 0) is 37.5 Å². The van der Waals surface area contributed by atoms with Crippen molar-refractivity contribution in [3.8, 4) is 22.8 Å². The van der Waals surface area contributed by atoms with Crippen molar-refractivity contribution in [3.05, 3.63) is 46.7 Å². The first kappa shape index (κ1) is 30.5. The molecule has 9 nitrogen and oxygen atoms in total. The first-order valence-electron chi connectivity index (χ1n) is 11.5. The molecule has 1 aliphatic rings. The van der Waals surface area contributed by atoms with Gasteiger partial charge >= 0.3 is 27.7 Å². The lowest BCUT2D eigenvalue weighted by molar-refractivity contribution is -0.243. The molecule has 2 heterocycles. The maximum atomic E-state index is 14.0. The number of carbonyl (C=O) groups excluding carboxylic acids is 1. The standard InChI is InChI=1S/C22H18ClF8N5O4S/c1-3-35(13-5-6-13)19(37)14-8-11(4-7-15(14)23)12-9-32-36(10-12)18-16(20(24,25)26)17(33-34(18)2)40-41(38,39)22(30,31)21(27,28)29/h4,7-10,13H,3,5-6H2,1-2H3. The largest absolute Gasteiger partial charge is 0.475 e. The lowest BCUT2D eigenvalue weighted by Gasteiger charge is -2.21. The van der Waals surface area contributed by atoms with Crippen LogP contribution >= 0.6 is 11.6 Å². The molecule has 1 aliphatic carbocycles. The third-order valence-electron chi connectivity index (χ3n) is 6.02. The molecule has 2 aromatic heterocycles. The minimum Gasteiger partial charge on any atom is -0.355 e. The molecule has 0 unspecified atom stereocenters. The Kier molecular flexibility index (Phi) is 7.56. The highest BCUT2D eigenvalue weighted by molar-refractivity contribution is 7.88. The summed E-state index contributed by atoms with van der Waals surface area (Å²) in [6.07, 6.45) is -8.51. The van der Waals surface area contributed by atoms with Gasteiger partial charge in [-0.15, -0.1) is 5.10 Å². The van der Waals surface area contributed by atoms with Crippen molar-refractivity contribution in [2.75, 3.05) is 6.54 Å². The molecule has 3 aromatic rings. The highest BCUT2D eigenvalue weighted by atomic mass is 35.5. The van der Waals surface area contributed by atoms with Crippen LogP contribution in [0.15, 0.2) is 30.6 Å². The van der Waals surface area contributed by atoms with Gasteiger partial charge in [0, 0.05) is 31.4 Å². The van der Waals surface area contributed by atoms with E-state index in [-0.39, 0.29) is 33.7 Å². The zero-order valence-electron chi connectivity index (χ0n) is 20.8. The summed E-state index contributed by atoms with van der Waals surface area (Å²) in [5.74, 6) is -3.51. The molecule has 0 aliphatic heterocycles. The average molecular weight is 636 g/mol. The second-order valence-electron chi connectivity index (χ2n) is 8.87. The molecule has 41 heavy (non-hydrogen) atoms. The number of aryl methyl sites for hydroxylation is 1. The van der Waals surface area contributed by atoms with E-state index >= 15 is 0 Å². The van der Waals surface area contributed by atoms with E-state index in [0.29, 0.717) is 15.9 Å². The fraction of sp³-hybridized carbons (Fsp3) is 0.409. The number of hydrogen-bond donors (Lipinski definition) is 0. The van der Waals surface area contributed by atoms with E-state index in [1.165, 1.54) is 18.2 Å². The Morgan fingerprint density at radius 2 is 1.76 bits per heavy atom. The van der Waals surface area contributed by atoms with Crippen molar-refractivity contribution < 1.29 is 52.5 Å². The van der Waals surface area contributed by atoms with E-state index in [1.807, 2.05) is 0 Å². The van der Waals surface area contributed by atoms with Gasteiger partial charge in [0.2, 0.25) is 0 Å². The van der Waals surface area contributed by atoms with Crippen molar-refractivity contribution in [2.24, 2.45) is 7.05 Å². The van der Waals surface area contributed by atoms with E-state index in [4.69, 9.17) is 11.6 Å². The topological polar surface area (TPSA) is 99.3 Å². The van der Waals surface area contributed by atoms with Crippen LogP contribution in [0.5, 0.6) is 5.88 Å². The summed E-state index contributed by atoms with van der Waals surface area (Å²) in [6.45, 7) is 2.20. The van der Waals surface area contributed by atoms with E-state index in [2.05, 4.69) is 14.4 Å². The Bertz CT molecular complexity index is 1600. The van der Waals surface area contributed by atoms with Gasteiger partial charge < -0.3 is 9.08 Å². The van der Waals surface area contributed by atoms with Crippen LogP contribution in [-0.2, 0) is 23.3 Å². The number of halogens is 9. The van der Waals surface area contributed by atoms with Crippen molar-refractivity contribution in [1.82, 2.24) is 24.5 Å². The predicted molar refractivity (Wildman–Crippen MR) is 126 cm³/mol. The lowest BCUT2D eigenvalue weighted by Crippen LogP contribution is -2.46. The molecule has 1 amide bonds. The molecule has 1 saturated carbocycles. The predicted octanol–water partition coefficient (Wildman–Crippen LogP) is 5.43. The number of benzene rings is 1. The third kappa shape index (κ3) is 5.58. The van der Waals surface area contributed by atoms with Gasteiger partial charge in [-0.3, -0.25) is 4.79 Å². The Hall–Kier alpha value is -3.41. The molecule has 0 N–H and O–H groups in total. The second kappa shape index (κ2) is 10.1. The molecule has 224 valence electrons. The summed E-state index contributed by atoms with van der Waals surface area (Å²) in [6, 6.07) is 4.30. The van der Waals surface area contributed by atoms with Crippen LogP contribution in [0.2, 0.25) is 5.02 Å². The maximum absolute atomic E-state index is 14.0. The SMILES string of the molecule is CCN(C(=O)c1cc(-c2cnn(-c3c(C(F)(F)F)c(OS(=O)(=O)C(F)(F)C(F)(F)F)nn3C)c2)ccc1Cl)C1CC1. The fourth-order valence-electron chi connectivity index (χ4n) is 3.92. The van der Waals surface area contributed by atoms with E-state index < -0.39 is 45.0 Å². The molecule has 4 rings (SSSR count). The Morgan fingerprint density at radius 1 is 1.12 bits per heavy atom. The van der Waals surface area contributed by atoms with Crippen LogP contribution in [0.4, 0.5) is 35.1 Å². The molecule has 0 radical (unpaired) electrons. The van der Waals surface area contributed by atoms with E-state index in [0.717, 1.165) is 32.3 Å². The zero-order chi connectivity index (χ0) is 30.7. The van der Waals surface area contributed by atoms with E-state index in [9.17, 15) is 48.3 Å². The summed E-state index contributed by atoms with van der Waals surface area (Å²) >= 11 is 6.22. The first-order valence-corrected chi connectivity index (χ1v) is 13.3.